The number of ether oxygens (including phenoxy) is 1. The molecule has 2 aliphatic rings. The first-order valence-corrected chi connectivity index (χ1v) is 13.8. The van der Waals surface area contributed by atoms with E-state index in [0.29, 0.717) is 31.6 Å². The standard InChI is InChI=1S/C30H30FN7O4/c1-17-20(18(2)39)3-4-22-21(17)5-6-24(22)36-30(41)26-14-25(35-28-23(31)16-34-38(26)28)29(40)33-15-19-7-8-32-27(13-19)37-9-11-42-12-10-37/h3-4,7-8,13-14,16,24H,5-6,9-12,15H2,1-2H3,(H,33,40)(H,36,41)/t24-/m0/s1. The van der Waals surface area contributed by atoms with E-state index in [1.54, 1.807) is 18.3 Å². The molecule has 1 atom stereocenters. The summed E-state index contributed by atoms with van der Waals surface area (Å²) in [6, 6.07) is 8.37. The highest BCUT2D eigenvalue weighted by Crippen LogP contribution is 2.35. The monoisotopic (exact) mass is 571 g/mol. The second kappa shape index (κ2) is 11.3. The first kappa shape index (κ1) is 27.5. The quantitative estimate of drug-likeness (QED) is 0.324. The van der Waals surface area contributed by atoms with Crippen LogP contribution in [0, 0.1) is 12.7 Å². The number of carbonyl (C=O) groups is 3. The number of nitrogens with one attached hydrogen (secondary N) is 2. The molecule has 1 fully saturated rings. The molecule has 0 radical (unpaired) electrons. The maximum absolute atomic E-state index is 14.6. The first-order chi connectivity index (χ1) is 20.3. The zero-order valence-electron chi connectivity index (χ0n) is 23.3. The highest BCUT2D eigenvalue weighted by molar-refractivity contribution is 5.99. The number of Topliss-reactive ketones (excluding diaryl/α,β-unsaturated/α-hetero) is 1. The van der Waals surface area contributed by atoms with Crippen LogP contribution in [0.15, 0.2) is 42.7 Å². The molecule has 1 saturated heterocycles. The second-order valence-corrected chi connectivity index (χ2v) is 10.5. The molecule has 2 amide bonds. The molecule has 4 aromatic rings. The van der Waals surface area contributed by atoms with Crippen LogP contribution in [0.4, 0.5) is 10.2 Å². The molecule has 0 saturated carbocycles. The summed E-state index contributed by atoms with van der Waals surface area (Å²) >= 11 is 0. The van der Waals surface area contributed by atoms with Crippen LogP contribution in [0.2, 0.25) is 0 Å². The zero-order valence-corrected chi connectivity index (χ0v) is 23.3. The molecule has 3 aromatic heterocycles. The van der Waals surface area contributed by atoms with Crippen LogP contribution >= 0.6 is 0 Å². The van der Waals surface area contributed by atoms with Gasteiger partial charge in [-0.15, -0.1) is 0 Å². The number of morpholine rings is 1. The van der Waals surface area contributed by atoms with Crippen molar-refractivity contribution in [2.24, 2.45) is 0 Å². The third kappa shape index (κ3) is 5.20. The number of benzene rings is 1. The number of hydrogen-bond acceptors (Lipinski definition) is 8. The second-order valence-electron chi connectivity index (χ2n) is 10.5. The number of anilines is 1. The van der Waals surface area contributed by atoms with Crippen molar-refractivity contribution in [3.05, 3.63) is 87.7 Å². The Labute approximate surface area is 241 Å². The van der Waals surface area contributed by atoms with Crippen LogP contribution in [0.3, 0.4) is 0 Å². The van der Waals surface area contributed by atoms with Gasteiger partial charge in [-0.2, -0.15) is 5.10 Å². The van der Waals surface area contributed by atoms with E-state index in [9.17, 15) is 18.8 Å². The fourth-order valence-corrected chi connectivity index (χ4v) is 5.67. The van der Waals surface area contributed by atoms with Gasteiger partial charge in [0.15, 0.2) is 17.2 Å². The Morgan fingerprint density at radius 3 is 2.71 bits per heavy atom. The fraction of sp³-hybridized carbons (Fsp3) is 0.333. The Kier molecular flexibility index (Phi) is 7.38. The van der Waals surface area contributed by atoms with Crippen molar-refractivity contribution in [3.63, 3.8) is 0 Å². The van der Waals surface area contributed by atoms with E-state index in [1.165, 1.54) is 13.0 Å². The van der Waals surface area contributed by atoms with Crippen LogP contribution in [-0.2, 0) is 17.7 Å². The Balaban J connectivity index is 1.21. The normalized spacial score (nSPS) is 16.4. The molecule has 1 aliphatic carbocycles. The lowest BCUT2D eigenvalue weighted by Gasteiger charge is -2.28. The Hall–Kier alpha value is -4.71. The number of nitrogens with zero attached hydrogens (tertiary/aromatic N) is 5. The Morgan fingerprint density at radius 2 is 1.93 bits per heavy atom. The fourth-order valence-electron chi connectivity index (χ4n) is 5.67. The molecular formula is C30H30FN7O4. The average Bonchev–Trinajstić information content (AvgIpc) is 3.59. The molecule has 4 heterocycles. The maximum atomic E-state index is 14.6. The Morgan fingerprint density at radius 1 is 1.12 bits per heavy atom. The van der Waals surface area contributed by atoms with Crippen LogP contribution < -0.4 is 15.5 Å². The van der Waals surface area contributed by atoms with Crippen molar-refractivity contribution >= 4 is 29.1 Å². The number of halogens is 1. The zero-order chi connectivity index (χ0) is 29.4. The minimum Gasteiger partial charge on any atom is -0.378 e. The van der Waals surface area contributed by atoms with E-state index < -0.39 is 17.6 Å². The summed E-state index contributed by atoms with van der Waals surface area (Å²) in [5, 5.41) is 9.79. The molecule has 12 heteroatoms. The van der Waals surface area contributed by atoms with Gasteiger partial charge in [0, 0.05) is 37.5 Å². The van der Waals surface area contributed by atoms with Crippen LogP contribution in [0.1, 0.15) is 73.0 Å². The summed E-state index contributed by atoms with van der Waals surface area (Å²) in [4.78, 5) is 49.3. The lowest BCUT2D eigenvalue weighted by Crippen LogP contribution is -2.36. The molecule has 0 unspecified atom stereocenters. The summed E-state index contributed by atoms with van der Waals surface area (Å²) in [6.07, 6.45) is 4.01. The van der Waals surface area contributed by atoms with Gasteiger partial charge in [0.05, 0.1) is 25.5 Å². The largest absolute Gasteiger partial charge is 0.378 e. The number of ketones is 1. The Bertz CT molecular complexity index is 1710. The van der Waals surface area contributed by atoms with Crippen LogP contribution in [-0.4, -0.2) is 63.5 Å². The molecule has 216 valence electrons. The topological polar surface area (TPSA) is 131 Å². The molecule has 1 aromatic carbocycles. The lowest BCUT2D eigenvalue weighted by molar-refractivity contribution is 0.0927. The molecule has 1 aliphatic heterocycles. The lowest BCUT2D eigenvalue weighted by atomic mass is 9.96. The highest BCUT2D eigenvalue weighted by atomic mass is 19.1. The van der Waals surface area contributed by atoms with E-state index in [1.807, 2.05) is 19.1 Å². The first-order valence-electron chi connectivity index (χ1n) is 13.8. The van der Waals surface area contributed by atoms with Gasteiger partial charge in [-0.3, -0.25) is 14.4 Å². The predicted molar refractivity (Wildman–Crippen MR) is 151 cm³/mol. The number of fused-ring (bicyclic) bond motifs is 2. The summed E-state index contributed by atoms with van der Waals surface area (Å²) in [7, 11) is 0. The van der Waals surface area contributed by atoms with E-state index in [4.69, 9.17) is 4.74 Å². The average molecular weight is 572 g/mol. The van der Waals surface area contributed by atoms with Gasteiger partial charge in [-0.1, -0.05) is 12.1 Å². The smallest absolute Gasteiger partial charge is 0.270 e. The minimum atomic E-state index is -0.749. The highest BCUT2D eigenvalue weighted by Gasteiger charge is 2.29. The van der Waals surface area contributed by atoms with Crippen molar-refractivity contribution in [1.29, 1.82) is 0 Å². The third-order valence-electron chi connectivity index (χ3n) is 7.87. The molecule has 0 spiro atoms. The molecule has 2 N–H and O–H groups in total. The predicted octanol–water partition coefficient (Wildman–Crippen LogP) is 2.96. The number of pyridine rings is 1. The minimum absolute atomic E-state index is 0.00467. The van der Waals surface area contributed by atoms with Crippen molar-refractivity contribution in [2.75, 3.05) is 31.2 Å². The molecule has 6 rings (SSSR count). The molecular weight excluding hydrogens is 541 g/mol. The summed E-state index contributed by atoms with van der Waals surface area (Å²) in [5.74, 6) is -1.03. The van der Waals surface area contributed by atoms with Gasteiger partial charge < -0.3 is 20.3 Å². The third-order valence-corrected chi connectivity index (χ3v) is 7.87. The van der Waals surface area contributed by atoms with Crippen molar-refractivity contribution in [3.8, 4) is 0 Å². The summed E-state index contributed by atoms with van der Waals surface area (Å²) < 4.78 is 21.1. The van der Waals surface area contributed by atoms with Crippen molar-refractivity contribution in [2.45, 2.75) is 39.3 Å². The van der Waals surface area contributed by atoms with E-state index in [2.05, 4.69) is 30.6 Å². The van der Waals surface area contributed by atoms with Gasteiger partial charge >= 0.3 is 0 Å². The van der Waals surface area contributed by atoms with Gasteiger partial charge in [0.25, 0.3) is 11.8 Å². The number of aromatic nitrogens is 4. The number of hydrogen-bond donors (Lipinski definition) is 2. The van der Waals surface area contributed by atoms with Gasteiger partial charge in [0.1, 0.15) is 17.2 Å². The van der Waals surface area contributed by atoms with E-state index >= 15 is 0 Å². The van der Waals surface area contributed by atoms with Crippen molar-refractivity contribution < 1.29 is 23.5 Å². The van der Waals surface area contributed by atoms with E-state index in [0.717, 1.165) is 51.9 Å². The maximum Gasteiger partial charge on any atom is 0.270 e. The summed E-state index contributed by atoms with van der Waals surface area (Å²) in [5.41, 5.74) is 4.06. The molecule has 0 bridgehead atoms. The summed E-state index contributed by atoms with van der Waals surface area (Å²) in [6.45, 7) is 6.37. The van der Waals surface area contributed by atoms with Gasteiger partial charge in [-0.25, -0.2) is 18.9 Å². The van der Waals surface area contributed by atoms with Crippen LogP contribution in [0.25, 0.3) is 5.65 Å². The van der Waals surface area contributed by atoms with Crippen LogP contribution in [0.5, 0.6) is 0 Å². The van der Waals surface area contributed by atoms with Crippen molar-refractivity contribution in [1.82, 2.24) is 30.2 Å². The van der Waals surface area contributed by atoms with Gasteiger partial charge in [0.2, 0.25) is 0 Å². The van der Waals surface area contributed by atoms with E-state index in [-0.39, 0.29) is 35.4 Å². The number of amides is 2. The number of rotatable bonds is 7. The number of carbonyl (C=O) groups excluding carboxylic acids is 3. The molecule has 11 nitrogen and oxygen atoms in total. The molecule has 42 heavy (non-hydrogen) atoms. The SMILES string of the molecule is CC(=O)c1ccc2c(c1C)CC[C@@H]2NC(=O)c1cc(C(=O)NCc2ccnc(N3CCOCC3)c2)nc2c(F)cnn12. The van der Waals surface area contributed by atoms with Gasteiger partial charge in [-0.05, 0) is 61.1 Å².